The van der Waals surface area contributed by atoms with Crippen LogP contribution in [0, 0.1) is 5.92 Å². The van der Waals surface area contributed by atoms with Gasteiger partial charge in [0, 0.05) is 19.7 Å². The van der Waals surface area contributed by atoms with E-state index in [9.17, 15) is 5.11 Å². The molecule has 0 spiro atoms. The molecule has 2 aliphatic carbocycles. The predicted octanol–water partition coefficient (Wildman–Crippen LogP) is 1.30. The summed E-state index contributed by atoms with van der Waals surface area (Å²) in [6.07, 6.45) is 7.56. The second-order valence-electron chi connectivity index (χ2n) is 4.98. The van der Waals surface area contributed by atoms with E-state index >= 15 is 0 Å². The molecule has 0 bridgehead atoms. The van der Waals surface area contributed by atoms with Crippen LogP contribution in [0.15, 0.2) is 0 Å². The molecule has 3 unspecified atom stereocenters. The first-order chi connectivity index (χ1) is 7.31. The van der Waals surface area contributed by atoms with Crippen LogP contribution in [0.5, 0.6) is 0 Å². The van der Waals surface area contributed by atoms with E-state index in [4.69, 9.17) is 4.74 Å². The molecule has 0 aromatic rings. The summed E-state index contributed by atoms with van der Waals surface area (Å²) in [4.78, 5) is 0. The zero-order valence-electron chi connectivity index (χ0n) is 9.61. The van der Waals surface area contributed by atoms with Gasteiger partial charge >= 0.3 is 0 Å². The molecule has 88 valence electrons. The highest BCUT2D eigenvalue weighted by atomic mass is 16.5. The number of rotatable bonds is 5. The van der Waals surface area contributed by atoms with Crippen molar-refractivity contribution in [2.45, 2.75) is 56.8 Å². The minimum atomic E-state index is -0.135. The zero-order valence-corrected chi connectivity index (χ0v) is 9.61. The third-order valence-electron chi connectivity index (χ3n) is 3.76. The molecular weight excluding hydrogens is 190 g/mol. The van der Waals surface area contributed by atoms with Gasteiger partial charge in [-0.1, -0.05) is 12.8 Å². The Morgan fingerprint density at radius 3 is 2.67 bits per heavy atom. The quantitative estimate of drug-likeness (QED) is 0.723. The topological polar surface area (TPSA) is 41.5 Å². The number of aliphatic hydroxyl groups is 1. The first-order valence-corrected chi connectivity index (χ1v) is 6.25. The van der Waals surface area contributed by atoms with Crippen LogP contribution in [-0.4, -0.2) is 37.0 Å². The Labute approximate surface area is 92.2 Å². The molecule has 0 aliphatic heterocycles. The monoisotopic (exact) mass is 213 g/mol. The lowest BCUT2D eigenvalue weighted by Crippen LogP contribution is -2.46. The van der Waals surface area contributed by atoms with Crippen LogP contribution in [0.3, 0.4) is 0 Å². The average Bonchev–Trinajstić information content (AvgIpc) is 3.10. The second kappa shape index (κ2) is 5.28. The summed E-state index contributed by atoms with van der Waals surface area (Å²) in [5.41, 5.74) is 0. The summed E-state index contributed by atoms with van der Waals surface area (Å²) in [6, 6.07) is 0.456. The molecule has 3 heteroatoms. The maximum atomic E-state index is 9.78. The average molecular weight is 213 g/mol. The van der Waals surface area contributed by atoms with Crippen molar-refractivity contribution >= 4 is 0 Å². The summed E-state index contributed by atoms with van der Waals surface area (Å²) >= 11 is 0. The lowest BCUT2D eigenvalue weighted by Gasteiger charge is -2.31. The summed E-state index contributed by atoms with van der Waals surface area (Å²) in [5, 5.41) is 13.2. The Morgan fingerprint density at radius 1 is 1.27 bits per heavy atom. The Hall–Kier alpha value is -0.120. The Morgan fingerprint density at radius 2 is 2.00 bits per heavy atom. The SMILES string of the molecule is COC1CCCCC1NCC(O)C1CC1. The zero-order chi connectivity index (χ0) is 10.7. The Kier molecular flexibility index (Phi) is 4.00. The maximum absolute atomic E-state index is 9.78. The molecule has 2 saturated carbocycles. The molecular formula is C12H23NO2. The van der Waals surface area contributed by atoms with Crippen molar-refractivity contribution < 1.29 is 9.84 Å². The summed E-state index contributed by atoms with van der Waals surface area (Å²) in [5.74, 6) is 0.571. The van der Waals surface area contributed by atoms with E-state index in [1.807, 2.05) is 0 Å². The molecule has 2 rings (SSSR count). The van der Waals surface area contributed by atoms with Gasteiger partial charge in [-0.05, 0) is 31.6 Å². The molecule has 3 nitrogen and oxygen atoms in total. The molecule has 2 fully saturated rings. The highest BCUT2D eigenvalue weighted by molar-refractivity contribution is 4.86. The van der Waals surface area contributed by atoms with Crippen LogP contribution in [0.25, 0.3) is 0 Å². The van der Waals surface area contributed by atoms with E-state index in [2.05, 4.69) is 5.32 Å². The molecule has 0 aromatic carbocycles. The third kappa shape index (κ3) is 3.16. The summed E-state index contributed by atoms with van der Waals surface area (Å²) in [7, 11) is 1.79. The van der Waals surface area contributed by atoms with Gasteiger partial charge in [0.2, 0.25) is 0 Å². The van der Waals surface area contributed by atoms with E-state index in [1.165, 1.54) is 32.1 Å². The minimum absolute atomic E-state index is 0.135. The van der Waals surface area contributed by atoms with Crippen molar-refractivity contribution in [3.63, 3.8) is 0 Å². The van der Waals surface area contributed by atoms with Gasteiger partial charge in [-0.25, -0.2) is 0 Å². The number of aliphatic hydroxyl groups excluding tert-OH is 1. The first-order valence-electron chi connectivity index (χ1n) is 6.25. The second-order valence-corrected chi connectivity index (χ2v) is 4.98. The summed E-state index contributed by atoms with van der Waals surface area (Å²) in [6.45, 7) is 0.745. The van der Waals surface area contributed by atoms with Crippen molar-refractivity contribution in [2.75, 3.05) is 13.7 Å². The largest absolute Gasteiger partial charge is 0.392 e. The van der Waals surface area contributed by atoms with Gasteiger partial charge in [0.05, 0.1) is 12.2 Å². The molecule has 0 radical (unpaired) electrons. The number of nitrogens with one attached hydrogen (secondary N) is 1. The van der Waals surface area contributed by atoms with Crippen molar-refractivity contribution in [3.05, 3.63) is 0 Å². The highest BCUT2D eigenvalue weighted by Crippen LogP contribution is 2.32. The number of hydrogen-bond donors (Lipinski definition) is 2. The van der Waals surface area contributed by atoms with Gasteiger partial charge in [0.25, 0.3) is 0 Å². The van der Waals surface area contributed by atoms with Crippen molar-refractivity contribution in [3.8, 4) is 0 Å². The Balaban J connectivity index is 1.71. The fraction of sp³-hybridized carbons (Fsp3) is 1.00. The van der Waals surface area contributed by atoms with E-state index in [0.29, 0.717) is 18.1 Å². The lowest BCUT2D eigenvalue weighted by molar-refractivity contribution is 0.0352. The predicted molar refractivity (Wildman–Crippen MR) is 59.8 cm³/mol. The van der Waals surface area contributed by atoms with Crippen molar-refractivity contribution in [1.82, 2.24) is 5.32 Å². The van der Waals surface area contributed by atoms with Gasteiger partial charge in [-0.2, -0.15) is 0 Å². The Bertz CT molecular complexity index is 194. The number of hydrogen-bond acceptors (Lipinski definition) is 3. The van der Waals surface area contributed by atoms with Gasteiger partial charge < -0.3 is 15.2 Å². The van der Waals surface area contributed by atoms with Crippen LogP contribution in [-0.2, 0) is 4.74 Å². The molecule has 2 aliphatic rings. The molecule has 2 N–H and O–H groups in total. The molecule has 3 atom stereocenters. The fourth-order valence-corrected chi connectivity index (χ4v) is 2.53. The van der Waals surface area contributed by atoms with E-state index in [0.717, 1.165) is 13.0 Å². The molecule has 0 heterocycles. The molecule has 15 heavy (non-hydrogen) atoms. The minimum Gasteiger partial charge on any atom is -0.392 e. The standard InChI is InChI=1S/C12H23NO2/c1-15-12-5-3-2-4-10(12)13-8-11(14)9-6-7-9/h9-14H,2-8H2,1H3. The van der Waals surface area contributed by atoms with Crippen LogP contribution < -0.4 is 5.32 Å². The van der Waals surface area contributed by atoms with E-state index in [1.54, 1.807) is 7.11 Å². The van der Waals surface area contributed by atoms with E-state index < -0.39 is 0 Å². The molecule has 0 saturated heterocycles. The van der Waals surface area contributed by atoms with Crippen LogP contribution >= 0.6 is 0 Å². The van der Waals surface area contributed by atoms with Crippen LogP contribution in [0.1, 0.15) is 38.5 Å². The maximum Gasteiger partial charge on any atom is 0.0724 e. The van der Waals surface area contributed by atoms with Crippen LogP contribution in [0.2, 0.25) is 0 Å². The fourth-order valence-electron chi connectivity index (χ4n) is 2.53. The summed E-state index contributed by atoms with van der Waals surface area (Å²) < 4.78 is 5.47. The first kappa shape index (κ1) is 11.4. The smallest absolute Gasteiger partial charge is 0.0724 e. The lowest BCUT2D eigenvalue weighted by atomic mass is 9.92. The third-order valence-corrected chi connectivity index (χ3v) is 3.76. The number of methoxy groups -OCH3 is 1. The van der Waals surface area contributed by atoms with Gasteiger partial charge in [0.1, 0.15) is 0 Å². The van der Waals surface area contributed by atoms with Gasteiger partial charge in [0.15, 0.2) is 0 Å². The van der Waals surface area contributed by atoms with E-state index in [-0.39, 0.29) is 6.10 Å². The van der Waals surface area contributed by atoms with Gasteiger partial charge in [-0.15, -0.1) is 0 Å². The highest BCUT2D eigenvalue weighted by Gasteiger charge is 2.31. The molecule has 0 amide bonds. The van der Waals surface area contributed by atoms with Crippen molar-refractivity contribution in [1.29, 1.82) is 0 Å². The number of ether oxygens (including phenoxy) is 1. The van der Waals surface area contributed by atoms with Gasteiger partial charge in [-0.3, -0.25) is 0 Å². The molecule has 0 aromatic heterocycles. The van der Waals surface area contributed by atoms with Crippen LogP contribution in [0.4, 0.5) is 0 Å². The normalized spacial score (nSPS) is 34.0. The van der Waals surface area contributed by atoms with Crippen molar-refractivity contribution in [2.24, 2.45) is 5.92 Å².